The van der Waals surface area contributed by atoms with Gasteiger partial charge in [-0.05, 0) is 54.4 Å². The molecule has 164 valence electrons. The highest BCUT2D eigenvalue weighted by molar-refractivity contribution is 5.83. The normalized spacial score (nSPS) is 21.9. The van der Waals surface area contributed by atoms with Gasteiger partial charge in [-0.3, -0.25) is 14.6 Å². The summed E-state index contributed by atoms with van der Waals surface area (Å²) in [6, 6.07) is 12.2. The van der Waals surface area contributed by atoms with Gasteiger partial charge in [0, 0.05) is 31.9 Å². The fourth-order valence-corrected chi connectivity index (χ4v) is 5.30. The lowest BCUT2D eigenvalue weighted by molar-refractivity contribution is -0.140. The Balaban J connectivity index is 1.42. The summed E-state index contributed by atoms with van der Waals surface area (Å²) in [5, 5.41) is 0. The Labute approximate surface area is 185 Å². The molecular formula is C26H33N3O2. The van der Waals surface area contributed by atoms with Gasteiger partial charge in [0.05, 0.1) is 5.41 Å². The average molecular weight is 420 g/mol. The average Bonchev–Trinajstić information content (AvgIpc) is 3.32. The lowest BCUT2D eigenvalue weighted by atomic mass is 9.74. The van der Waals surface area contributed by atoms with E-state index in [4.69, 9.17) is 5.73 Å². The van der Waals surface area contributed by atoms with E-state index in [0.29, 0.717) is 25.3 Å². The molecule has 2 aliphatic rings. The van der Waals surface area contributed by atoms with Gasteiger partial charge in [0.15, 0.2) is 0 Å². The predicted octanol–water partition coefficient (Wildman–Crippen LogP) is 4.36. The predicted molar refractivity (Wildman–Crippen MR) is 122 cm³/mol. The number of primary amides is 1. The molecule has 31 heavy (non-hydrogen) atoms. The first-order valence-corrected chi connectivity index (χ1v) is 11.6. The fourth-order valence-electron chi connectivity index (χ4n) is 5.30. The lowest BCUT2D eigenvalue weighted by Crippen LogP contribution is -2.53. The number of aromatic nitrogens is 1. The van der Waals surface area contributed by atoms with Crippen LogP contribution in [-0.2, 0) is 16.0 Å². The third kappa shape index (κ3) is 5.15. The summed E-state index contributed by atoms with van der Waals surface area (Å²) in [4.78, 5) is 31.5. The quantitative estimate of drug-likeness (QED) is 0.725. The Morgan fingerprint density at radius 2 is 1.84 bits per heavy atom. The van der Waals surface area contributed by atoms with Crippen LogP contribution in [0.3, 0.4) is 0 Å². The summed E-state index contributed by atoms with van der Waals surface area (Å²) in [7, 11) is 0. The number of pyridine rings is 1. The van der Waals surface area contributed by atoms with Crippen LogP contribution in [0.2, 0.25) is 0 Å². The van der Waals surface area contributed by atoms with Crippen molar-refractivity contribution in [2.75, 3.05) is 13.1 Å². The number of piperidine rings is 1. The van der Waals surface area contributed by atoms with Gasteiger partial charge in [0.1, 0.15) is 0 Å². The van der Waals surface area contributed by atoms with E-state index in [1.807, 2.05) is 23.2 Å². The number of nitrogens with zero attached hydrogens (tertiary/aromatic N) is 2. The second-order valence-electron chi connectivity index (χ2n) is 9.37. The second kappa shape index (κ2) is 9.63. The maximum absolute atomic E-state index is 12.9. The van der Waals surface area contributed by atoms with Gasteiger partial charge in [-0.2, -0.15) is 0 Å². The first-order valence-electron chi connectivity index (χ1n) is 11.6. The third-order valence-corrected chi connectivity index (χ3v) is 7.18. The Kier molecular flexibility index (Phi) is 6.69. The Morgan fingerprint density at radius 1 is 1.06 bits per heavy atom. The van der Waals surface area contributed by atoms with Crippen LogP contribution in [0.25, 0.3) is 11.1 Å². The molecule has 2 aromatic rings. The van der Waals surface area contributed by atoms with E-state index in [1.54, 1.807) is 6.20 Å². The number of hydrogen-bond donors (Lipinski definition) is 1. The highest BCUT2D eigenvalue weighted by atomic mass is 16.2. The largest absolute Gasteiger partial charge is 0.369 e. The van der Waals surface area contributed by atoms with Crippen LogP contribution in [-0.4, -0.2) is 34.8 Å². The van der Waals surface area contributed by atoms with Crippen LogP contribution < -0.4 is 5.73 Å². The molecule has 1 atom stereocenters. The molecule has 0 spiro atoms. The van der Waals surface area contributed by atoms with Crippen LogP contribution in [0.15, 0.2) is 48.8 Å². The number of rotatable bonds is 7. The summed E-state index contributed by atoms with van der Waals surface area (Å²) in [6.07, 6.45) is 12.4. The molecule has 0 bridgehead atoms. The maximum Gasteiger partial charge on any atom is 0.225 e. The van der Waals surface area contributed by atoms with E-state index in [2.05, 4.69) is 29.2 Å². The molecule has 2 amide bonds. The molecule has 1 aliphatic carbocycles. The van der Waals surface area contributed by atoms with Crippen molar-refractivity contribution in [2.24, 2.45) is 17.1 Å². The van der Waals surface area contributed by atoms with Gasteiger partial charge in [-0.1, -0.05) is 56.0 Å². The maximum atomic E-state index is 12.9. The van der Waals surface area contributed by atoms with E-state index >= 15 is 0 Å². The first kappa shape index (κ1) is 21.5. The molecule has 2 N–H and O–H groups in total. The highest BCUT2D eigenvalue weighted by Crippen LogP contribution is 2.35. The van der Waals surface area contributed by atoms with Crippen molar-refractivity contribution in [1.29, 1.82) is 0 Å². The van der Waals surface area contributed by atoms with E-state index < -0.39 is 5.41 Å². The Morgan fingerprint density at radius 3 is 2.52 bits per heavy atom. The topological polar surface area (TPSA) is 76.3 Å². The van der Waals surface area contributed by atoms with E-state index in [-0.39, 0.29) is 11.8 Å². The van der Waals surface area contributed by atoms with Gasteiger partial charge in [-0.15, -0.1) is 0 Å². The summed E-state index contributed by atoms with van der Waals surface area (Å²) in [5.41, 5.74) is 8.47. The van der Waals surface area contributed by atoms with Crippen LogP contribution in [0, 0.1) is 11.3 Å². The molecule has 5 nitrogen and oxygen atoms in total. The first-order chi connectivity index (χ1) is 15.1. The van der Waals surface area contributed by atoms with Crippen molar-refractivity contribution in [3.8, 4) is 11.1 Å². The van der Waals surface area contributed by atoms with Crippen LogP contribution in [0.4, 0.5) is 0 Å². The van der Waals surface area contributed by atoms with Crippen molar-refractivity contribution >= 4 is 11.8 Å². The number of amides is 2. The fraction of sp³-hybridized carbons (Fsp3) is 0.500. The number of carbonyl (C=O) groups is 2. The van der Waals surface area contributed by atoms with E-state index in [9.17, 15) is 9.59 Å². The molecule has 4 rings (SSSR count). The highest BCUT2D eigenvalue weighted by Gasteiger charge is 2.42. The number of carbonyl (C=O) groups excluding carboxylic acids is 2. The molecule has 5 heteroatoms. The Bertz CT molecular complexity index is 891. The number of nitrogens with two attached hydrogens (primary N) is 1. The number of hydrogen-bond acceptors (Lipinski definition) is 3. The Hall–Kier alpha value is -2.69. The minimum Gasteiger partial charge on any atom is -0.369 e. The number of likely N-dealkylation sites (tertiary alicyclic amines) is 1. The summed E-state index contributed by atoms with van der Waals surface area (Å²) in [5.74, 6) is 0.592. The van der Waals surface area contributed by atoms with Gasteiger partial charge >= 0.3 is 0 Å². The molecule has 0 radical (unpaired) electrons. The summed E-state index contributed by atoms with van der Waals surface area (Å²) in [6.45, 7) is 1.18. The van der Waals surface area contributed by atoms with E-state index in [0.717, 1.165) is 42.5 Å². The van der Waals surface area contributed by atoms with Crippen molar-refractivity contribution < 1.29 is 9.59 Å². The molecule has 1 aromatic heterocycles. The standard InChI is InChI=1S/C26H33N3O2/c27-25(31)26(17-21-8-11-22(12-9-21)23-7-3-15-28-18-23)14-4-16-29(19-26)24(30)13-10-20-5-1-2-6-20/h3,7-9,11-12,15,18,20H,1-2,4-6,10,13-14,16-17,19H2,(H2,27,31). The van der Waals surface area contributed by atoms with Gasteiger partial charge in [0.2, 0.25) is 11.8 Å². The van der Waals surface area contributed by atoms with E-state index in [1.165, 1.54) is 25.7 Å². The van der Waals surface area contributed by atoms with Crippen LogP contribution in [0.5, 0.6) is 0 Å². The zero-order chi connectivity index (χ0) is 21.7. The SMILES string of the molecule is NC(=O)C1(Cc2ccc(-c3cccnc3)cc2)CCCN(C(=O)CCC2CCCC2)C1. The second-order valence-corrected chi connectivity index (χ2v) is 9.37. The summed E-state index contributed by atoms with van der Waals surface area (Å²) < 4.78 is 0. The zero-order valence-electron chi connectivity index (χ0n) is 18.3. The number of benzene rings is 1. The minimum absolute atomic E-state index is 0.184. The van der Waals surface area contributed by atoms with Crippen molar-refractivity contribution in [1.82, 2.24) is 9.88 Å². The molecule has 2 heterocycles. The lowest BCUT2D eigenvalue weighted by Gasteiger charge is -2.41. The monoisotopic (exact) mass is 419 g/mol. The summed E-state index contributed by atoms with van der Waals surface area (Å²) >= 11 is 0. The molecule has 1 aliphatic heterocycles. The molecule has 1 saturated carbocycles. The van der Waals surface area contributed by atoms with Crippen LogP contribution >= 0.6 is 0 Å². The van der Waals surface area contributed by atoms with Gasteiger partial charge in [-0.25, -0.2) is 0 Å². The van der Waals surface area contributed by atoms with Crippen molar-refractivity contribution in [3.05, 3.63) is 54.4 Å². The molecular weight excluding hydrogens is 386 g/mol. The van der Waals surface area contributed by atoms with Crippen molar-refractivity contribution in [2.45, 2.75) is 57.8 Å². The van der Waals surface area contributed by atoms with Gasteiger partial charge in [0.25, 0.3) is 0 Å². The van der Waals surface area contributed by atoms with Crippen molar-refractivity contribution in [3.63, 3.8) is 0 Å². The molecule has 2 fully saturated rings. The third-order valence-electron chi connectivity index (χ3n) is 7.18. The molecule has 1 aromatic carbocycles. The van der Waals surface area contributed by atoms with Crippen LogP contribution in [0.1, 0.15) is 56.9 Å². The minimum atomic E-state index is -0.683. The molecule has 1 unspecified atom stereocenters. The molecule has 1 saturated heterocycles. The zero-order valence-corrected chi connectivity index (χ0v) is 18.3. The smallest absolute Gasteiger partial charge is 0.225 e. The van der Waals surface area contributed by atoms with Gasteiger partial charge < -0.3 is 10.6 Å².